The molecule has 5 heteroatoms. The number of hydrogen-bond acceptors (Lipinski definition) is 3. The first-order valence-corrected chi connectivity index (χ1v) is 5.92. The van der Waals surface area contributed by atoms with Crippen LogP contribution in [0.5, 0.6) is 0 Å². The van der Waals surface area contributed by atoms with Gasteiger partial charge in [-0.05, 0) is 31.9 Å². The van der Waals surface area contributed by atoms with Crippen LogP contribution in [0.3, 0.4) is 0 Å². The van der Waals surface area contributed by atoms with Crippen molar-refractivity contribution in [3.63, 3.8) is 0 Å². The summed E-state index contributed by atoms with van der Waals surface area (Å²) < 4.78 is 13.3. The van der Waals surface area contributed by atoms with Crippen LogP contribution < -0.4 is 10.6 Å². The maximum Gasteiger partial charge on any atom is 0.166 e. The van der Waals surface area contributed by atoms with Crippen molar-refractivity contribution in [1.82, 2.24) is 10.3 Å². The van der Waals surface area contributed by atoms with Crippen LogP contribution in [0.1, 0.15) is 19.3 Å². The van der Waals surface area contributed by atoms with Crippen LogP contribution in [-0.4, -0.2) is 24.1 Å². The number of halogens is 2. The molecule has 0 bridgehead atoms. The van der Waals surface area contributed by atoms with Crippen LogP contribution in [-0.2, 0) is 0 Å². The molecule has 16 heavy (non-hydrogen) atoms. The fraction of sp³-hybridized carbons (Fsp3) is 0.545. The normalized spacial score (nSPS) is 20.0. The Morgan fingerprint density at radius 2 is 2.50 bits per heavy atom. The van der Waals surface area contributed by atoms with E-state index < -0.39 is 5.82 Å². The van der Waals surface area contributed by atoms with Gasteiger partial charge in [-0.2, -0.15) is 0 Å². The highest BCUT2D eigenvalue weighted by Gasteiger charge is 2.13. The molecule has 0 aromatic carbocycles. The molecule has 1 aromatic rings. The second-order valence-corrected chi connectivity index (χ2v) is 4.43. The van der Waals surface area contributed by atoms with Crippen molar-refractivity contribution in [2.45, 2.75) is 25.3 Å². The van der Waals surface area contributed by atoms with E-state index in [-0.39, 0.29) is 5.82 Å². The number of pyridine rings is 1. The highest BCUT2D eigenvalue weighted by molar-refractivity contribution is 6.30. The molecule has 0 unspecified atom stereocenters. The molecule has 0 radical (unpaired) electrons. The first-order chi connectivity index (χ1) is 7.75. The number of nitrogens with one attached hydrogen (secondary N) is 2. The maximum atomic E-state index is 13.3. The second-order valence-electron chi connectivity index (χ2n) is 3.99. The molecule has 1 fully saturated rings. The van der Waals surface area contributed by atoms with Crippen LogP contribution >= 0.6 is 11.6 Å². The van der Waals surface area contributed by atoms with Gasteiger partial charge in [0.1, 0.15) is 0 Å². The fourth-order valence-electron chi connectivity index (χ4n) is 1.91. The van der Waals surface area contributed by atoms with Crippen molar-refractivity contribution >= 4 is 17.4 Å². The van der Waals surface area contributed by atoms with Gasteiger partial charge in [-0.15, -0.1) is 0 Å². The SMILES string of the molecule is Fc1cc(Cl)cnc1NCC[C@@H]1CCCN1. The summed E-state index contributed by atoms with van der Waals surface area (Å²) in [7, 11) is 0. The van der Waals surface area contributed by atoms with E-state index in [1.807, 2.05) is 0 Å². The van der Waals surface area contributed by atoms with Crippen molar-refractivity contribution in [3.05, 3.63) is 23.1 Å². The number of nitrogens with zero attached hydrogens (tertiary/aromatic N) is 1. The Morgan fingerprint density at radius 1 is 1.62 bits per heavy atom. The molecule has 0 aliphatic carbocycles. The smallest absolute Gasteiger partial charge is 0.166 e. The molecule has 2 N–H and O–H groups in total. The third-order valence-corrected chi connectivity index (χ3v) is 2.96. The highest BCUT2D eigenvalue weighted by Crippen LogP contribution is 2.16. The van der Waals surface area contributed by atoms with E-state index in [0.29, 0.717) is 11.1 Å². The van der Waals surface area contributed by atoms with E-state index in [9.17, 15) is 4.39 Å². The van der Waals surface area contributed by atoms with Gasteiger partial charge in [-0.3, -0.25) is 0 Å². The Labute approximate surface area is 99.4 Å². The first-order valence-electron chi connectivity index (χ1n) is 5.54. The Morgan fingerprint density at radius 3 is 3.19 bits per heavy atom. The number of anilines is 1. The van der Waals surface area contributed by atoms with Gasteiger partial charge in [0.15, 0.2) is 11.6 Å². The third-order valence-electron chi connectivity index (χ3n) is 2.76. The lowest BCUT2D eigenvalue weighted by molar-refractivity contribution is 0.570. The zero-order valence-electron chi connectivity index (χ0n) is 8.97. The second kappa shape index (κ2) is 5.46. The van der Waals surface area contributed by atoms with Crippen LogP contribution in [0.4, 0.5) is 10.2 Å². The lowest BCUT2D eigenvalue weighted by Gasteiger charge is -2.11. The molecular weight excluding hydrogens is 229 g/mol. The zero-order chi connectivity index (χ0) is 11.4. The average Bonchev–Trinajstić information content (AvgIpc) is 2.74. The Kier molecular flexibility index (Phi) is 3.96. The van der Waals surface area contributed by atoms with E-state index >= 15 is 0 Å². The summed E-state index contributed by atoms with van der Waals surface area (Å²) in [6.45, 7) is 1.82. The van der Waals surface area contributed by atoms with E-state index in [1.54, 1.807) is 0 Å². The van der Waals surface area contributed by atoms with Gasteiger partial charge in [0.05, 0.1) is 5.02 Å². The molecule has 1 aliphatic rings. The van der Waals surface area contributed by atoms with Gasteiger partial charge in [0.2, 0.25) is 0 Å². The highest BCUT2D eigenvalue weighted by atomic mass is 35.5. The van der Waals surface area contributed by atoms with Crippen LogP contribution in [0.25, 0.3) is 0 Å². The molecule has 1 saturated heterocycles. The molecule has 0 amide bonds. The molecule has 0 spiro atoms. The minimum Gasteiger partial charge on any atom is -0.368 e. The maximum absolute atomic E-state index is 13.3. The van der Waals surface area contributed by atoms with Crippen molar-refractivity contribution in [3.8, 4) is 0 Å². The molecule has 1 aliphatic heterocycles. The largest absolute Gasteiger partial charge is 0.368 e. The Balaban J connectivity index is 1.80. The predicted molar refractivity (Wildman–Crippen MR) is 63.3 cm³/mol. The van der Waals surface area contributed by atoms with E-state index in [2.05, 4.69) is 15.6 Å². The van der Waals surface area contributed by atoms with E-state index in [1.165, 1.54) is 25.1 Å². The number of aromatic nitrogens is 1. The quantitative estimate of drug-likeness (QED) is 0.853. The van der Waals surface area contributed by atoms with Gasteiger partial charge in [0.25, 0.3) is 0 Å². The summed E-state index contributed by atoms with van der Waals surface area (Å²) in [6.07, 6.45) is 4.88. The van der Waals surface area contributed by atoms with Crippen molar-refractivity contribution in [1.29, 1.82) is 0 Å². The predicted octanol–water partition coefficient (Wildman–Crippen LogP) is 2.43. The van der Waals surface area contributed by atoms with Gasteiger partial charge < -0.3 is 10.6 Å². The molecule has 1 atom stereocenters. The molecular formula is C11H15ClFN3. The summed E-state index contributed by atoms with van der Waals surface area (Å²) in [5, 5.41) is 6.69. The third kappa shape index (κ3) is 3.06. The van der Waals surface area contributed by atoms with Crippen molar-refractivity contribution in [2.75, 3.05) is 18.4 Å². The Hall–Kier alpha value is -0.870. The van der Waals surface area contributed by atoms with Crippen LogP contribution in [0, 0.1) is 5.82 Å². The molecule has 88 valence electrons. The summed E-state index contributed by atoms with van der Waals surface area (Å²) >= 11 is 5.61. The summed E-state index contributed by atoms with van der Waals surface area (Å²) in [4.78, 5) is 3.90. The van der Waals surface area contributed by atoms with E-state index in [4.69, 9.17) is 11.6 Å². The monoisotopic (exact) mass is 243 g/mol. The van der Waals surface area contributed by atoms with Gasteiger partial charge in [0, 0.05) is 18.8 Å². The average molecular weight is 244 g/mol. The topological polar surface area (TPSA) is 37.0 Å². The molecule has 3 nitrogen and oxygen atoms in total. The lowest BCUT2D eigenvalue weighted by atomic mass is 10.1. The fourth-order valence-corrected chi connectivity index (χ4v) is 2.06. The molecule has 0 saturated carbocycles. The lowest BCUT2D eigenvalue weighted by Crippen LogP contribution is -2.24. The van der Waals surface area contributed by atoms with Gasteiger partial charge >= 0.3 is 0 Å². The molecule has 2 rings (SSSR count). The summed E-state index contributed by atoms with van der Waals surface area (Å²) in [5.41, 5.74) is 0. The zero-order valence-corrected chi connectivity index (χ0v) is 9.73. The number of rotatable bonds is 4. The van der Waals surface area contributed by atoms with Gasteiger partial charge in [-0.1, -0.05) is 11.6 Å². The summed E-state index contributed by atoms with van der Waals surface area (Å²) in [5.74, 6) is -0.116. The van der Waals surface area contributed by atoms with Crippen molar-refractivity contribution < 1.29 is 4.39 Å². The standard InChI is InChI=1S/C11H15ClFN3/c12-8-6-10(13)11(16-7-8)15-5-3-9-2-1-4-14-9/h6-7,9,14H,1-5H2,(H,15,16)/t9-/m0/s1. The Bertz CT molecular complexity index is 353. The first kappa shape index (κ1) is 11.6. The molecule has 1 aromatic heterocycles. The van der Waals surface area contributed by atoms with Crippen molar-refractivity contribution in [2.24, 2.45) is 0 Å². The minimum absolute atomic E-state index is 0.280. The minimum atomic E-state index is -0.396. The van der Waals surface area contributed by atoms with Crippen LogP contribution in [0.15, 0.2) is 12.3 Å². The van der Waals surface area contributed by atoms with Gasteiger partial charge in [-0.25, -0.2) is 9.37 Å². The van der Waals surface area contributed by atoms with Crippen LogP contribution in [0.2, 0.25) is 5.02 Å². The molecule has 2 heterocycles. The van der Waals surface area contributed by atoms with E-state index in [0.717, 1.165) is 19.5 Å². The number of hydrogen-bond donors (Lipinski definition) is 2. The summed E-state index contributed by atoms with van der Waals surface area (Å²) in [6, 6.07) is 1.83.